The molecule has 0 atom stereocenters. The van der Waals surface area contributed by atoms with E-state index in [0.29, 0.717) is 6.54 Å². The Hall–Kier alpha value is -2.56. The van der Waals surface area contributed by atoms with Crippen molar-refractivity contribution in [2.75, 3.05) is 7.11 Å². The molecule has 0 fully saturated rings. The van der Waals surface area contributed by atoms with Gasteiger partial charge in [0.1, 0.15) is 5.75 Å². The van der Waals surface area contributed by atoms with Gasteiger partial charge in [-0.25, -0.2) is 9.97 Å². The van der Waals surface area contributed by atoms with Gasteiger partial charge in [-0.2, -0.15) is 0 Å². The molecule has 108 valence electrons. The number of hydrogen-bond donors (Lipinski definition) is 0. The normalized spacial score (nSPS) is 10.8. The monoisotopic (exact) mass is 282 g/mol. The van der Waals surface area contributed by atoms with Crippen molar-refractivity contribution in [1.82, 2.24) is 19.1 Å². The van der Waals surface area contributed by atoms with Gasteiger partial charge in [0.05, 0.1) is 13.7 Å². The fourth-order valence-corrected chi connectivity index (χ4v) is 2.43. The van der Waals surface area contributed by atoms with E-state index in [-0.39, 0.29) is 0 Å². The van der Waals surface area contributed by atoms with E-state index in [0.717, 1.165) is 29.5 Å². The number of hydrogen-bond acceptors (Lipinski definition) is 3. The molecule has 3 aromatic rings. The molecular weight excluding hydrogens is 264 g/mol. The molecular formula is C16H18N4O. The Kier molecular flexibility index (Phi) is 3.73. The number of aryl methyl sites for hydroxylation is 1. The van der Waals surface area contributed by atoms with Crippen LogP contribution in [-0.2, 0) is 13.1 Å². The lowest BCUT2D eigenvalue weighted by molar-refractivity contribution is 0.408. The van der Waals surface area contributed by atoms with Crippen molar-refractivity contribution in [2.45, 2.75) is 20.0 Å². The first-order valence-corrected chi connectivity index (χ1v) is 6.98. The Morgan fingerprint density at radius 1 is 1.00 bits per heavy atom. The average Bonchev–Trinajstić information content (AvgIpc) is 3.15. The molecule has 2 aromatic heterocycles. The molecule has 0 aliphatic rings. The maximum Gasteiger partial charge on any atom is 0.176 e. The van der Waals surface area contributed by atoms with Crippen molar-refractivity contribution in [3.05, 3.63) is 54.6 Å². The van der Waals surface area contributed by atoms with Gasteiger partial charge in [-0.15, -0.1) is 0 Å². The Morgan fingerprint density at radius 3 is 2.38 bits per heavy atom. The van der Waals surface area contributed by atoms with Crippen LogP contribution in [0.5, 0.6) is 5.75 Å². The molecule has 2 heterocycles. The SMILES string of the molecule is CCn1ccnc1-c1nccn1Cc1ccccc1OC. The lowest BCUT2D eigenvalue weighted by Gasteiger charge is -2.11. The van der Waals surface area contributed by atoms with Crippen molar-refractivity contribution >= 4 is 0 Å². The molecule has 0 unspecified atom stereocenters. The minimum atomic E-state index is 0.704. The summed E-state index contributed by atoms with van der Waals surface area (Å²) in [7, 11) is 1.69. The largest absolute Gasteiger partial charge is 0.496 e. The number of imidazole rings is 2. The van der Waals surface area contributed by atoms with E-state index in [9.17, 15) is 0 Å². The number of ether oxygens (including phenoxy) is 1. The summed E-state index contributed by atoms with van der Waals surface area (Å²) >= 11 is 0. The van der Waals surface area contributed by atoms with E-state index in [1.54, 1.807) is 19.5 Å². The first-order valence-electron chi connectivity index (χ1n) is 6.98. The van der Waals surface area contributed by atoms with Gasteiger partial charge in [-0.3, -0.25) is 0 Å². The summed E-state index contributed by atoms with van der Waals surface area (Å²) < 4.78 is 9.59. The molecule has 0 bridgehead atoms. The summed E-state index contributed by atoms with van der Waals surface area (Å²) in [5.74, 6) is 2.64. The van der Waals surface area contributed by atoms with Gasteiger partial charge in [0.15, 0.2) is 11.6 Å². The zero-order valence-electron chi connectivity index (χ0n) is 12.2. The highest BCUT2D eigenvalue weighted by Crippen LogP contribution is 2.22. The third-order valence-electron chi connectivity index (χ3n) is 3.50. The van der Waals surface area contributed by atoms with E-state index in [4.69, 9.17) is 4.74 Å². The third kappa shape index (κ3) is 2.54. The van der Waals surface area contributed by atoms with Crippen LogP contribution in [0.1, 0.15) is 12.5 Å². The Balaban J connectivity index is 1.96. The van der Waals surface area contributed by atoms with Gasteiger partial charge < -0.3 is 13.9 Å². The Bertz CT molecular complexity index is 729. The standard InChI is InChI=1S/C16H18N4O/c1-3-19-10-8-17-15(19)16-18-9-11-20(16)12-13-6-4-5-7-14(13)21-2/h4-11H,3,12H2,1-2H3. The minimum absolute atomic E-state index is 0.704. The molecule has 21 heavy (non-hydrogen) atoms. The molecule has 0 amide bonds. The zero-order chi connectivity index (χ0) is 14.7. The first kappa shape index (κ1) is 13.4. The number of para-hydroxylation sites is 1. The molecule has 3 rings (SSSR count). The van der Waals surface area contributed by atoms with E-state index in [2.05, 4.69) is 32.1 Å². The molecule has 0 radical (unpaired) electrons. The second-order valence-corrected chi connectivity index (χ2v) is 4.73. The highest BCUT2D eigenvalue weighted by atomic mass is 16.5. The maximum atomic E-state index is 5.42. The zero-order valence-corrected chi connectivity index (χ0v) is 12.2. The highest BCUT2D eigenvalue weighted by molar-refractivity contribution is 5.46. The van der Waals surface area contributed by atoms with Crippen molar-refractivity contribution in [1.29, 1.82) is 0 Å². The molecule has 5 nitrogen and oxygen atoms in total. The van der Waals surface area contributed by atoms with Crippen LogP contribution in [0.2, 0.25) is 0 Å². The molecule has 0 aliphatic carbocycles. The first-order chi connectivity index (χ1) is 10.3. The molecule has 1 aromatic carbocycles. The molecule has 5 heteroatoms. The quantitative estimate of drug-likeness (QED) is 0.723. The van der Waals surface area contributed by atoms with Crippen molar-refractivity contribution in [3.8, 4) is 17.4 Å². The van der Waals surface area contributed by atoms with E-state index >= 15 is 0 Å². The number of rotatable bonds is 5. The molecule has 0 N–H and O–H groups in total. The number of benzene rings is 1. The summed E-state index contributed by atoms with van der Waals surface area (Å²) in [5.41, 5.74) is 1.12. The number of methoxy groups -OCH3 is 1. The molecule has 0 saturated carbocycles. The number of nitrogens with zero attached hydrogens (tertiary/aromatic N) is 4. The van der Waals surface area contributed by atoms with Crippen LogP contribution < -0.4 is 4.74 Å². The summed E-state index contributed by atoms with van der Waals surface area (Å²) in [6.07, 6.45) is 7.55. The second kappa shape index (κ2) is 5.83. The summed E-state index contributed by atoms with van der Waals surface area (Å²) in [5, 5.41) is 0. The third-order valence-corrected chi connectivity index (χ3v) is 3.50. The average molecular weight is 282 g/mol. The highest BCUT2D eigenvalue weighted by Gasteiger charge is 2.13. The van der Waals surface area contributed by atoms with Gasteiger partial charge >= 0.3 is 0 Å². The van der Waals surface area contributed by atoms with Crippen molar-refractivity contribution in [2.24, 2.45) is 0 Å². The van der Waals surface area contributed by atoms with E-state index in [1.165, 1.54) is 0 Å². The summed E-state index contributed by atoms with van der Waals surface area (Å²) in [6, 6.07) is 8.02. The second-order valence-electron chi connectivity index (χ2n) is 4.73. The van der Waals surface area contributed by atoms with Crippen LogP contribution in [0.4, 0.5) is 0 Å². The number of aromatic nitrogens is 4. The van der Waals surface area contributed by atoms with Gasteiger partial charge in [0, 0.05) is 36.9 Å². The lowest BCUT2D eigenvalue weighted by atomic mass is 10.2. The van der Waals surface area contributed by atoms with Gasteiger partial charge in [-0.1, -0.05) is 18.2 Å². The van der Waals surface area contributed by atoms with Crippen LogP contribution >= 0.6 is 0 Å². The van der Waals surface area contributed by atoms with Crippen LogP contribution in [0.15, 0.2) is 49.1 Å². The van der Waals surface area contributed by atoms with Gasteiger partial charge in [-0.05, 0) is 13.0 Å². The predicted octanol–water partition coefficient (Wildman–Crippen LogP) is 2.82. The van der Waals surface area contributed by atoms with Crippen LogP contribution in [0.3, 0.4) is 0 Å². The summed E-state index contributed by atoms with van der Waals surface area (Å²) in [6.45, 7) is 3.67. The minimum Gasteiger partial charge on any atom is -0.496 e. The smallest absolute Gasteiger partial charge is 0.176 e. The van der Waals surface area contributed by atoms with Gasteiger partial charge in [0.2, 0.25) is 0 Å². The predicted molar refractivity (Wildman–Crippen MR) is 81.2 cm³/mol. The van der Waals surface area contributed by atoms with Crippen LogP contribution in [-0.4, -0.2) is 26.2 Å². The van der Waals surface area contributed by atoms with Crippen LogP contribution in [0.25, 0.3) is 11.6 Å². The van der Waals surface area contributed by atoms with Gasteiger partial charge in [0.25, 0.3) is 0 Å². The summed E-state index contributed by atoms with van der Waals surface area (Å²) in [4.78, 5) is 8.88. The van der Waals surface area contributed by atoms with E-state index < -0.39 is 0 Å². The fraction of sp³-hybridized carbons (Fsp3) is 0.250. The maximum absolute atomic E-state index is 5.42. The molecule has 0 aliphatic heterocycles. The van der Waals surface area contributed by atoms with Crippen molar-refractivity contribution in [3.63, 3.8) is 0 Å². The van der Waals surface area contributed by atoms with E-state index in [1.807, 2.05) is 30.6 Å². The Labute approximate surface area is 123 Å². The fourth-order valence-electron chi connectivity index (χ4n) is 2.43. The topological polar surface area (TPSA) is 44.9 Å². The van der Waals surface area contributed by atoms with Crippen molar-refractivity contribution < 1.29 is 4.74 Å². The molecule has 0 spiro atoms. The molecule has 0 saturated heterocycles. The lowest BCUT2D eigenvalue weighted by Crippen LogP contribution is -2.06. The Morgan fingerprint density at radius 2 is 1.67 bits per heavy atom. The van der Waals surface area contributed by atoms with Crippen LogP contribution in [0, 0.1) is 0 Å².